The second kappa shape index (κ2) is 4.25. The molecule has 2 rings (SSSR count). The van der Waals surface area contributed by atoms with Crippen LogP contribution >= 0.6 is 0 Å². The third kappa shape index (κ3) is 2.55. The largest absolute Gasteiger partial charge is 0.325 e. The summed E-state index contributed by atoms with van der Waals surface area (Å²) in [4.78, 5) is 0. The SMILES string of the molecule is CC1CCC(C2(N)CCC(F)(F)CC2)CC1. The molecule has 0 radical (unpaired) electrons. The summed E-state index contributed by atoms with van der Waals surface area (Å²) >= 11 is 0. The smallest absolute Gasteiger partial charge is 0.248 e. The summed E-state index contributed by atoms with van der Waals surface area (Å²) < 4.78 is 26.2. The molecule has 16 heavy (non-hydrogen) atoms. The minimum absolute atomic E-state index is 0.00441. The maximum atomic E-state index is 13.1. The predicted octanol–water partition coefficient (Wildman–Crippen LogP) is 3.72. The molecule has 2 aliphatic rings. The fourth-order valence-electron chi connectivity index (χ4n) is 3.32. The molecule has 0 aromatic carbocycles. The molecule has 0 bridgehead atoms. The van der Waals surface area contributed by atoms with Crippen LogP contribution in [0.25, 0.3) is 0 Å². The Kier molecular flexibility index (Phi) is 3.26. The average molecular weight is 231 g/mol. The van der Waals surface area contributed by atoms with Gasteiger partial charge in [-0.2, -0.15) is 0 Å². The van der Waals surface area contributed by atoms with Crippen molar-refractivity contribution in [1.29, 1.82) is 0 Å². The zero-order valence-corrected chi connectivity index (χ0v) is 10.1. The Morgan fingerprint density at radius 1 is 0.938 bits per heavy atom. The predicted molar refractivity (Wildman–Crippen MR) is 61.5 cm³/mol. The summed E-state index contributed by atoms with van der Waals surface area (Å²) in [5.74, 6) is -1.17. The highest BCUT2D eigenvalue weighted by atomic mass is 19.3. The highest BCUT2D eigenvalue weighted by molar-refractivity contribution is 4.98. The van der Waals surface area contributed by atoms with E-state index in [4.69, 9.17) is 5.73 Å². The molecule has 2 aliphatic carbocycles. The van der Waals surface area contributed by atoms with Crippen LogP contribution in [-0.4, -0.2) is 11.5 Å². The lowest BCUT2D eigenvalue weighted by atomic mass is 9.66. The van der Waals surface area contributed by atoms with Crippen LogP contribution in [0.4, 0.5) is 8.78 Å². The molecule has 0 saturated heterocycles. The van der Waals surface area contributed by atoms with E-state index in [1.165, 1.54) is 12.8 Å². The van der Waals surface area contributed by atoms with Crippen molar-refractivity contribution in [3.63, 3.8) is 0 Å². The minimum atomic E-state index is -2.45. The van der Waals surface area contributed by atoms with Crippen LogP contribution in [0.5, 0.6) is 0 Å². The van der Waals surface area contributed by atoms with Gasteiger partial charge in [0.05, 0.1) is 0 Å². The first-order valence-corrected chi connectivity index (χ1v) is 6.58. The van der Waals surface area contributed by atoms with E-state index in [1.54, 1.807) is 0 Å². The molecule has 3 heteroatoms. The third-order valence-corrected chi connectivity index (χ3v) is 4.74. The molecule has 2 N–H and O–H groups in total. The summed E-state index contributed by atoms with van der Waals surface area (Å²) in [5.41, 5.74) is 6.08. The lowest BCUT2D eigenvalue weighted by Crippen LogP contribution is -2.52. The highest BCUT2D eigenvalue weighted by Gasteiger charge is 2.45. The molecule has 2 saturated carbocycles. The second-order valence-electron chi connectivity index (χ2n) is 6.05. The molecule has 0 aliphatic heterocycles. The summed E-state index contributed by atoms with van der Waals surface area (Å²) in [6.07, 6.45) is 5.75. The Balaban J connectivity index is 1.93. The summed E-state index contributed by atoms with van der Waals surface area (Å²) in [5, 5.41) is 0. The van der Waals surface area contributed by atoms with Gasteiger partial charge in [-0.05, 0) is 37.5 Å². The Morgan fingerprint density at radius 2 is 1.44 bits per heavy atom. The van der Waals surface area contributed by atoms with Crippen molar-refractivity contribution in [2.75, 3.05) is 0 Å². The summed E-state index contributed by atoms with van der Waals surface area (Å²) in [6.45, 7) is 2.27. The number of alkyl halides is 2. The van der Waals surface area contributed by atoms with Crippen LogP contribution in [0.1, 0.15) is 58.3 Å². The van der Waals surface area contributed by atoms with Gasteiger partial charge < -0.3 is 5.73 Å². The van der Waals surface area contributed by atoms with E-state index < -0.39 is 5.92 Å². The molecular weight excluding hydrogens is 208 g/mol. The normalized spacial score (nSPS) is 38.2. The van der Waals surface area contributed by atoms with Crippen molar-refractivity contribution in [2.24, 2.45) is 17.6 Å². The van der Waals surface area contributed by atoms with Gasteiger partial charge in [0.2, 0.25) is 5.92 Å². The lowest BCUT2D eigenvalue weighted by Gasteiger charge is -2.45. The molecule has 0 unspecified atom stereocenters. The molecule has 2 fully saturated rings. The summed E-state index contributed by atoms with van der Waals surface area (Å²) in [7, 11) is 0. The lowest BCUT2D eigenvalue weighted by molar-refractivity contribution is -0.0618. The Labute approximate surface area is 96.8 Å². The molecule has 0 aromatic rings. The fraction of sp³-hybridized carbons (Fsp3) is 1.00. The van der Waals surface area contributed by atoms with Crippen molar-refractivity contribution in [3.05, 3.63) is 0 Å². The molecule has 0 atom stereocenters. The van der Waals surface area contributed by atoms with Crippen LogP contribution in [0, 0.1) is 11.8 Å². The molecular formula is C13H23F2N. The van der Waals surface area contributed by atoms with E-state index in [0.29, 0.717) is 18.8 Å². The number of hydrogen-bond acceptors (Lipinski definition) is 1. The van der Waals surface area contributed by atoms with Gasteiger partial charge in [0, 0.05) is 18.4 Å². The standard InChI is InChI=1S/C13H23F2N/c1-10-2-4-11(5-3-10)12(16)6-8-13(14,15)9-7-12/h10-11H,2-9,16H2,1H3. The van der Waals surface area contributed by atoms with E-state index >= 15 is 0 Å². The van der Waals surface area contributed by atoms with Crippen LogP contribution < -0.4 is 5.73 Å². The number of nitrogens with two attached hydrogens (primary N) is 1. The molecule has 94 valence electrons. The van der Waals surface area contributed by atoms with Gasteiger partial charge in [0.25, 0.3) is 0 Å². The van der Waals surface area contributed by atoms with Gasteiger partial charge >= 0.3 is 0 Å². The fourth-order valence-corrected chi connectivity index (χ4v) is 3.32. The Morgan fingerprint density at radius 3 is 1.94 bits per heavy atom. The maximum absolute atomic E-state index is 13.1. The van der Waals surface area contributed by atoms with E-state index in [1.807, 2.05) is 0 Å². The number of hydrogen-bond donors (Lipinski definition) is 1. The number of halogens is 2. The highest BCUT2D eigenvalue weighted by Crippen LogP contribution is 2.45. The minimum Gasteiger partial charge on any atom is -0.325 e. The van der Waals surface area contributed by atoms with E-state index in [0.717, 1.165) is 18.8 Å². The molecule has 0 amide bonds. The maximum Gasteiger partial charge on any atom is 0.248 e. The van der Waals surface area contributed by atoms with E-state index in [-0.39, 0.29) is 18.4 Å². The van der Waals surface area contributed by atoms with Gasteiger partial charge in [-0.25, -0.2) is 8.78 Å². The van der Waals surface area contributed by atoms with Crippen LogP contribution in [0.15, 0.2) is 0 Å². The first kappa shape index (κ1) is 12.3. The molecule has 0 spiro atoms. The molecule has 1 nitrogen and oxygen atoms in total. The van der Waals surface area contributed by atoms with Crippen LogP contribution in [0.3, 0.4) is 0 Å². The zero-order chi connectivity index (χ0) is 11.8. The number of rotatable bonds is 1. The monoisotopic (exact) mass is 231 g/mol. The first-order valence-electron chi connectivity index (χ1n) is 6.58. The van der Waals surface area contributed by atoms with Crippen molar-refractivity contribution in [2.45, 2.75) is 69.8 Å². The van der Waals surface area contributed by atoms with Crippen molar-refractivity contribution < 1.29 is 8.78 Å². The molecule has 0 heterocycles. The van der Waals surface area contributed by atoms with E-state index in [9.17, 15) is 8.78 Å². The topological polar surface area (TPSA) is 26.0 Å². The Bertz CT molecular complexity index is 234. The van der Waals surface area contributed by atoms with Gasteiger partial charge in [-0.15, -0.1) is 0 Å². The van der Waals surface area contributed by atoms with Gasteiger partial charge in [0.15, 0.2) is 0 Å². The van der Waals surface area contributed by atoms with Crippen LogP contribution in [0.2, 0.25) is 0 Å². The van der Waals surface area contributed by atoms with Gasteiger partial charge in [-0.3, -0.25) is 0 Å². The third-order valence-electron chi connectivity index (χ3n) is 4.74. The zero-order valence-electron chi connectivity index (χ0n) is 10.1. The average Bonchev–Trinajstić information content (AvgIpc) is 2.24. The van der Waals surface area contributed by atoms with Gasteiger partial charge in [0.1, 0.15) is 0 Å². The van der Waals surface area contributed by atoms with Crippen molar-refractivity contribution in [1.82, 2.24) is 0 Å². The summed E-state index contributed by atoms with van der Waals surface area (Å²) in [6, 6.07) is 0. The van der Waals surface area contributed by atoms with Crippen molar-refractivity contribution >= 4 is 0 Å². The first-order chi connectivity index (χ1) is 7.41. The second-order valence-corrected chi connectivity index (χ2v) is 6.05. The van der Waals surface area contributed by atoms with Gasteiger partial charge in [-0.1, -0.05) is 19.8 Å². The van der Waals surface area contributed by atoms with E-state index in [2.05, 4.69) is 6.92 Å². The van der Waals surface area contributed by atoms with Crippen molar-refractivity contribution in [3.8, 4) is 0 Å². The Hall–Kier alpha value is -0.180. The van der Waals surface area contributed by atoms with Crippen LogP contribution in [-0.2, 0) is 0 Å². The quantitative estimate of drug-likeness (QED) is 0.731. The molecule has 0 aromatic heterocycles.